The molecule has 2 N–H and O–H groups in total. The Hall–Kier alpha value is -3.48. The molecule has 0 atom stereocenters. The van der Waals surface area contributed by atoms with Crippen molar-refractivity contribution in [3.63, 3.8) is 0 Å². The molecule has 12 heteroatoms. The molecule has 3 heterocycles. The van der Waals surface area contributed by atoms with Gasteiger partial charge in [0.05, 0.1) is 35.0 Å². The van der Waals surface area contributed by atoms with Crippen molar-refractivity contribution in [2.45, 2.75) is 51.7 Å². The van der Waals surface area contributed by atoms with Crippen molar-refractivity contribution in [3.8, 4) is 5.69 Å². The smallest absolute Gasteiger partial charge is 0.341 e. The summed E-state index contributed by atoms with van der Waals surface area (Å²) in [7, 11) is 0. The van der Waals surface area contributed by atoms with Gasteiger partial charge >= 0.3 is 5.97 Å². The van der Waals surface area contributed by atoms with E-state index >= 15 is 0 Å². The summed E-state index contributed by atoms with van der Waals surface area (Å²) in [6.45, 7) is 6.22. The first-order chi connectivity index (χ1) is 19.4. The summed E-state index contributed by atoms with van der Waals surface area (Å²) in [5.74, 6) is -0.206. The van der Waals surface area contributed by atoms with Crippen LogP contribution in [-0.2, 0) is 28.9 Å². The maximum Gasteiger partial charge on any atom is 0.341 e. The van der Waals surface area contributed by atoms with Crippen LogP contribution in [0.15, 0.2) is 40.9 Å². The second kappa shape index (κ2) is 12.4. The maximum atomic E-state index is 13.1. The number of carbonyl (C=O) groups is 3. The molecule has 1 aliphatic carbocycles. The lowest BCUT2D eigenvalue weighted by Crippen LogP contribution is -2.24. The number of hydrogen-bond donors (Lipinski definition) is 2. The minimum Gasteiger partial charge on any atom is -0.462 e. The lowest BCUT2D eigenvalue weighted by atomic mass is 10.1. The molecule has 4 aromatic rings. The van der Waals surface area contributed by atoms with Crippen molar-refractivity contribution < 1.29 is 19.1 Å². The topological polar surface area (TPSA) is 115 Å². The lowest BCUT2D eigenvalue weighted by Gasteiger charge is -2.14. The molecule has 40 heavy (non-hydrogen) atoms. The molecule has 0 unspecified atom stereocenters. The monoisotopic (exact) mass is 595 g/mol. The second-order valence-corrected chi connectivity index (χ2v) is 12.3. The third-order valence-corrected chi connectivity index (χ3v) is 9.45. The van der Waals surface area contributed by atoms with Crippen molar-refractivity contribution >= 4 is 57.2 Å². The Labute approximate surface area is 244 Å². The van der Waals surface area contributed by atoms with Crippen LogP contribution in [0.25, 0.3) is 5.69 Å². The van der Waals surface area contributed by atoms with E-state index in [2.05, 4.69) is 20.8 Å². The number of thiophene rings is 2. The summed E-state index contributed by atoms with van der Waals surface area (Å²) in [6, 6.07) is 9.68. The van der Waals surface area contributed by atoms with Gasteiger partial charge in [0.2, 0.25) is 5.91 Å². The van der Waals surface area contributed by atoms with Gasteiger partial charge in [0.25, 0.3) is 5.91 Å². The van der Waals surface area contributed by atoms with Crippen LogP contribution in [0.4, 0.5) is 5.00 Å². The van der Waals surface area contributed by atoms with Gasteiger partial charge in [-0.25, -0.2) is 4.79 Å². The van der Waals surface area contributed by atoms with Gasteiger partial charge in [-0.3, -0.25) is 14.2 Å². The van der Waals surface area contributed by atoms with Gasteiger partial charge in [0.15, 0.2) is 11.0 Å². The molecule has 0 spiro atoms. The summed E-state index contributed by atoms with van der Waals surface area (Å²) in [5, 5.41) is 17.5. The standard InChI is InChI=1S/C28H29N5O4S3/c1-4-37-27(36)24-18-7-5-8-20(18)40-26(24)30-23(34)15-39-28-32-31-22(14-29-25(35)21-9-6-12-38-21)33(28)19-13-16(2)10-11-17(19)3/h6,9-13H,4-5,7-8,14-15H2,1-3H3,(H,29,35)(H,30,34). The van der Waals surface area contributed by atoms with E-state index in [-0.39, 0.29) is 30.7 Å². The predicted molar refractivity (Wildman–Crippen MR) is 158 cm³/mol. The summed E-state index contributed by atoms with van der Waals surface area (Å²) < 4.78 is 7.16. The molecule has 0 fully saturated rings. The van der Waals surface area contributed by atoms with Gasteiger partial charge in [-0.05, 0) is 74.2 Å². The fourth-order valence-corrected chi connectivity index (χ4v) is 7.27. The van der Waals surface area contributed by atoms with Crippen molar-refractivity contribution in [2.24, 2.45) is 0 Å². The van der Waals surface area contributed by atoms with E-state index in [0.29, 0.717) is 26.4 Å². The van der Waals surface area contributed by atoms with Gasteiger partial charge in [0.1, 0.15) is 5.00 Å². The average Bonchev–Trinajstić information content (AvgIpc) is 3.72. The molecule has 0 radical (unpaired) electrons. The van der Waals surface area contributed by atoms with Crippen LogP contribution in [-0.4, -0.2) is 44.9 Å². The zero-order valence-corrected chi connectivity index (χ0v) is 24.9. The zero-order valence-electron chi connectivity index (χ0n) is 22.4. The fourth-order valence-electron chi connectivity index (χ4n) is 4.57. The van der Waals surface area contributed by atoms with Crippen molar-refractivity contribution in [3.05, 3.63) is 73.5 Å². The summed E-state index contributed by atoms with van der Waals surface area (Å²) in [6.07, 6.45) is 2.72. The Bertz CT molecular complexity index is 1560. The van der Waals surface area contributed by atoms with E-state index in [9.17, 15) is 14.4 Å². The quantitative estimate of drug-likeness (QED) is 0.188. The molecular weight excluding hydrogens is 567 g/mol. The van der Waals surface area contributed by atoms with E-state index in [4.69, 9.17) is 4.74 Å². The SMILES string of the molecule is CCOC(=O)c1c(NC(=O)CSc2nnc(CNC(=O)c3cccs3)n2-c2cc(C)ccc2C)sc2c1CCC2. The Morgan fingerprint density at radius 1 is 1.15 bits per heavy atom. The number of thioether (sulfide) groups is 1. The highest BCUT2D eigenvalue weighted by molar-refractivity contribution is 7.99. The van der Waals surface area contributed by atoms with Gasteiger partial charge in [-0.2, -0.15) is 0 Å². The third kappa shape index (κ3) is 5.98. The van der Waals surface area contributed by atoms with Crippen LogP contribution in [0.1, 0.15) is 60.8 Å². The molecule has 9 nitrogen and oxygen atoms in total. The van der Waals surface area contributed by atoms with Gasteiger partial charge in [-0.15, -0.1) is 32.9 Å². The van der Waals surface area contributed by atoms with Crippen LogP contribution in [0.5, 0.6) is 0 Å². The molecule has 1 aromatic carbocycles. The van der Waals surface area contributed by atoms with Gasteiger partial charge in [-0.1, -0.05) is 30.0 Å². The minimum absolute atomic E-state index is 0.0649. The van der Waals surface area contributed by atoms with E-state index in [1.54, 1.807) is 13.0 Å². The number of esters is 1. The van der Waals surface area contributed by atoms with Crippen molar-refractivity contribution in [1.82, 2.24) is 20.1 Å². The third-order valence-electron chi connectivity index (χ3n) is 6.44. The second-order valence-electron chi connectivity index (χ2n) is 9.30. The Morgan fingerprint density at radius 2 is 2.00 bits per heavy atom. The average molecular weight is 596 g/mol. The number of amides is 2. The largest absolute Gasteiger partial charge is 0.462 e. The van der Waals surface area contributed by atoms with E-state index in [0.717, 1.165) is 46.5 Å². The highest BCUT2D eigenvalue weighted by Gasteiger charge is 2.28. The Kier molecular flexibility index (Phi) is 8.67. The Balaban J connectivity index is 1.35. The molecular formula is C28H29N5O4S3. The number of fused-ring (bicyclic) bond motifs is 1. The van der Waals surface area contributed by atoms with Crippen LogP contribution in [0, 0.1) is 13.8 Å². The first kappa shape index (κ1) is 28.1. The zero-order chi connectivity index (χ0) is 28.2. The summed E-state index contributed by atoms with van der Waals surface area (Å²) in [5.41, 5.74) is 4.44. The highest BCUT2D eigenvalue weighted by atomic mass is 32.2. The number of nitrogens with zero attached hydrogens (tertiary/aromatic N) is 3. The minimum atomic E-state index is -0.395. The molecule has 3 aromatic heterocycles. The number of rotatable bonds is 10. The normalized spacial score (nSPS) is 12.3. The van der Waals surface area contributed by atoms with Crippen LogP contribution < -0.4 is 10.6 Å². The first-order valence-electron chi connectivity index (χ1n) is 12.9. The van der Waals surface area contributed by atoms with Crippen molar-refractivity contribution in [1.29, 1.82) is 0 Å². The predicted octanol–water partition coefficient (Wildman–Crippen LogP) is 5.33. The van der Waals surface area contributed by atoms with Gasteiger partial charge < -0.3 is 15.4 Å². The van der Waals surface area contributed by atoms with Crippen molar-refractivity contribution in [2.75, 3.05) is 17.7 Å². The highest BCUT2D eigenvalue weighted by Crippen LogP contribution is 2.39. The summed E-state index contributed by atoms with van der Waals surface area (Å²) >= 11 is 4.07. The number of hydrogen-bond acceptors (Lipinski definition) is 9. The number of aryl methyl sites for hydroxylation is 3. The van der Waals surface area contributed by atoms with Crippen LogP contribution in [0.3, 0.4) is 0 Å². The van der Waals surface area contributed by atoms with Crippen LogP contribution >= 0.6 is 34.4 Å². The molecule has 0 saturated carbocycles. The summed E-state index contributed by atoms with van der Waals surface area (Å²) in [4.78, 5) is 40.1. The number of nitrogens with one attached hydrogen (secondary N) is 2. The maximum absolute atomic E-state index is 13.1. The van der Waals surface area contributed by atoms with Gasteiger partial charge in [0, 0.05) is 4.88 Å². The Morgan fingerprint density at radius 3 is 2.77 bits per heavy atom. The number of carbonyl (C=O) groups excluding carboxylic acids is 3. The van der Waals surface area contributed by atoms with E-state index < -0.39 is 5.97 Å². The number of aromatic nitrogens is 3. The molecule has 5 rings (SSSR count). The molecule has 0 bridgehead atoms. The lowest BCUT2D eigenvalue weighted by molar-refractivity contribution is -0.113. The molecule has 0 aliphatic heterocycles. The van der Waals surface area contributed by atoms with E-state index in [1.165, 1.54) is 34.4 Å². The molecule has 0 saturated heterocycles. The molecule has 208 valence electrons. The van der Waals surface area contributed by atoms with E-state index in [1.807, 2.05) is 48.1 Å². The number of benzene rings is 1. The number of ether oxygens (including phenoxy) is 1. The number of anilines is 1. The molecule has 2 amide bonds. The van der Waals surface area contributed by atoms with Crippen LogP contribution in [0.2, 0.25) is 0 Å². The molecule has 1 aliphatic rings. The fraction of sp³-hybridized carbons (Fsp3) is 0.321. The first-order valence-corrected chi connectivity index (χ1v) is 15.6.